The molecule has 0 radical (unpaired) electrons. The zero-order valence-electron chi connectivity index (χ0n) is 18.9. The van der Waals surface area contributed by atoms with Crippen molar-refractivity contribution >= 4 is 34.6 Å². The first kappa shape index (κ1) is 22.3. The smallest absolute Gasteiger partial charge is 0.252 e. The van der Waals surface area contributed by atoms with Gasteiger partial charge in [0.15, 0.2) is 0 Å². The second-order valence-corrected chi connectivity index (χ2v) is 7.85. The predicted octanol–water partition coefficient (Wildman–Crippen LogP) is 3.21. The minimum atomic E-state index is -0.569. The van der Waals surface area contributed by atoms with E-state index in [4.69, 9.17) is 10.5 Å². The maximum Gasteiger partial charge on any atom is 0.252 e. The fourth-order valence-corrected chi connectivity index (χ4v) is 3.66. The van der Waals surface area contributed by atoms with Gasteiger partial charge in [0, 0.05) is 38.4 Å². The number of amides is 1. The Bertz CT molecular complexity index is 1100. The Kier molecular flexibility index (Phi) is 6.89. The average Bonchev–Trinajstić information content (AvgIpc) is 2.82. The van der Waals surface area contributed by atoms with Crippen LogP contribution in [0, 0.1) is 0 Å². The summed E-state index contributed by atoms with van der Waals surface area (Å²) in [6.07, 6.45) is 3.32. The topological polar surface area (TPSA) is 109 Å². The molecule has 3 heterocycles. The van der Waals surface area contributed by atoms with Gasteiger partial charge in [-0.1, -0.05) is 12.1 Å². The first-order chi connectivity index (χ1) is 16.0. The number of likely N-dealkylation sites (N-methyl/N-ethyl adjacent to an activating group) is 1. The number of nitrogens with one attached hydrogen (secondary N) is 2. The minimum absolute atomic E-state index is 0.283. The fourth-order valence-electron chi connectivity index (χ4n) is 3.66. The van der Waals surface area contributed by atoms with Crippen molar-refractivity contribution in [3.63, 3.8) is 0 Å². The highest BCUT2D eigenvalue weighted by molar-refractivity contribution is 5.99. The van der Waals surface area contributed by atoms with E-state index in [0.717, 1.165) is 37.6 Å². The van der Waals surface area contributed by atoms with Gasteiger partial charge in [-0.15, -0.1) is 0 Å². The molecule has 4 N–H and O–H groups in total. The number of rotatable bonds is 8. The molecule has 0 unspecified atom stereocenters. The SMILES string of the molecule is CCOc1ccccc1Nc1cc(Nc2ccc(N3CCN(C)CC3)cn2)ncc1C(N)=O. The van der Waals surface area contributed by atoms with E-state index >= 15 is 0 Å². The van der Waals surface area contributed by atoms with E-state index in [1.807, 2.05) is 43.5 Å². The summed E-state index contributed by atoms with van der Waals surface area (Å²) >= 11 is 0. The van der Waals surface area contributed by atoms with Gasteiger partial charge in [0.1, 0.15) is 17.4 Å². The number of hydrogen-bond donors (Lipinski definition) is 3. The van der Waals surface area contributed by atoms with E-state index in [1.54, 1.807) is 6.07 Å². The van der Waals surface area contributed by atoms with Gasteiger partial charge < -0.3 is 30.9 Å². The van der Waals surface area contributed by atoms with Gasteiger partial charge in [-0.3, -0.25) is 4.79 Å². The van der Waals surface area contributed by atoms with Crippen LogP contribution < -0.4 is 26.0 Å². The lowest BCUT2D eigenvalue weighted by atomic mass is 10.2. The van der Waals surface area contributed by atoms with Crippen LogP contribution in [0.15, 0.2) is 54.9 Å². The highest BCUT2D eigenvalue weighted by atomic mass is 16.5. The molecule has 1 saturated heterocycles. The largest absolute Gasteiger partial charge is 0.492 e. The standard InChI is InChI=1S/C24H29N7O2/c1-3-33-21-7-5-4-6-19(21)28-20-14-23(27-16-18(20)24(25)32)29-22-9-8-17(15-26-22)31-12-10-30(2)11-13-31/h4-9,14-16H,3,10-13H2,1-2H3,(H2,25,32)(H2,26,27,28,29). The van der Waals surface area contributed by atoms with Gasteiger partial charge >= 0.3 is 0 Å². The summed E-state index contributed by atoms with van der Waals surface area (Å²) < 4.78 is 5.68. The van der Waals surface area contributed by atoms with Crippen molar-refractivity contribution < 1.29 is 9.53 Å². The van der Waals surface area contributed by atoms with Crippen molar-refractivity contribution in [1.29, 1.82) is 0 Å². The number of hydrogen-bond acceptors (Lipinski definition) is 8. The van der Waals surface area contributed by atoms with Crippen LogP contribution in [0.25, 0.3) is 0 Å². The van der Waals surface area contributed by atoms with Gasteiger partial charge in [-0.05, 0) is 38.2 Å². The van der Waals surface area contributed by atoms with Crippen LogP contribution in [0.3, 0.4) is 0 Å². The number of nitrogens with zero attached hydrogens (tertiary/aromatic N) is 4. The van der Waals surface area contributed by atoms with Crippen molar-refractivity contribution in [3.05, 3.63) is 60.4 Å². The van der Waals surface area contributed by atoms with Crippen molar-refractivity contribution in [2.45, 2.75) is 6.92 Å². The summed E-state index contributed by atoms with van der Waals surface area (Å²) in [4.78, 5) is 25.5. The molecule has 0 atom stereocenters. The van der Waals surface area contributed by atoms with Crippen LogP contribution in [0.4, 0.5) is 28.7 Å². The number of para-hydroxylation sites is 2. The number of primary amides is 1. The van der Waals surface area contributed by atoms with E-state index in [0.29, 0.717) is 29.7 Å². The van der Waals surface area contributed by atoms with Gasteiger partial charge in [0.05, 0.1) is 35.4 Å². The number of pyridine rings is 2. The molecular formula is C24H29N7O2. The van der Waals surface area contributed by atoms with Crippen LogP contribution in [0.1, 0.15) is 17.3 Å². The number of ether oxygens (including phenoxy) is 1. The van der Waals surface area contributed by atoms with E-state index in [9.17, 15) is 4.79 Å². The maximum absolute atomic E-state index is 12.0. The molecule has 3 aromatic rings. The highest BCUT2D eigenvalue weighted by Gasteiger charge is 2.15. The molecule has 9 heteroatoms. The molecule has 0 bridgehead atoms. The zero-order valence-corrected chi connectivity index (χ0v) is 18.9. The average molecular weight is 448 g/mol. The minimum Gasteiger partial charge on any atom is -0.492 e. The molecule has 0 spiro atoms. The van der Waals surface area contributed by atoms with E-state index in [1.165, 1.54) is 6.20 Å². The van der Waals surface area contributed by atoms with E-state index in [2.05, 4.69) is 43.5 Å². The van der Waals surface area contributed by atoms with Crippen LogP contribution in [-0.2, 0) is 0 Å². The molecule has 1 amide bonds. The zero-order chi connectivity index (χ0) is 23.2. The van der Waals surface area contributed by atoms with E-state index in [-0.39, 0.29) is 5.56 Å². The number of nitrogens with two attached hydrogens (primary N) is 1. The number of benzene rings is 1. The molecule has 33 heavy (non-hydrogen) atoms. The van der Waals surface area contributed by atoms with Crippen molar-refractivity contribution in [2.75, 3.05) is 55.4 Å². The van der Waals surface area contributed by atoms with Crippen LogP contribution >= 0.6 is 0 Å². The molecular weight excluding hydrogens is 418 g/mol. The number of aromatic nitrogens is 2. The monoisotopic (exact) mass is 447 g/mol. The van der Waals surface area contributed by atoms with Crippen molar-refractivity contribution in [1.82, 2.24) is 14.9 Å². The number of carbonyl (C=O) groups excluding carboxylic acids is 1. The third-order valence-electron chi connectivity index (χ3n) is 5.50. The Morgan fingerprint density at radius 2 is 1.76 bits per heavy atom. The molecule has 0 saturated carbocycles. The Balaban J connectivity index is 1.52. The number of piperazine rings is 1. The lowest BCUT2D eigenvalue weighted by Gasteiger charge is -2.33. The first-order valence-corrected chi connectivity index (χ1v) is 11.0. The third kappa shape index (κ3) is 5.50. The van der Waals surface area contributed by atoms with Crippen molar-refractivity contribution in [3.8, 4) is 5.75 Å². The molecule has 2 aromatic heterocycles. The van der Waals surface area contributed by atoms with Gasteiger partial charge in [-0.2, -0.15) is 0 Å². The summed E-state index contributed by atoms with van der Waals surface area (Å²) in [5.41, 5.74) is 8.21. The van der Waals surface area contributed by atoms with Crippen molar-refractivity contribution in [2.24, 2.45) is 5.73 Å². The summed E-state index contributed by atoms with van der Waals surface area (Å²) in [5.74, 6) is 1.31. The van der Waals surface area contributed by atoms with E-state index < -0.39 is 5.91 Å². The second-order valence-electron chi connectivity index (χ2n) is 7.85. The lowest BCUT2D eigenvalue weighted by Crippen LogP contribution is -2.44. The number of carbonyl (C=O) groups is 1. The maximum atomic E-state index is 12.0. The Morgan fingerprint density at radius 1 is 1.00 bits per heavy atom. The predicted molar refractivity (Wildman–Crippen MR) is 131 cm³/mol. The summed E-state index contributed by atoms with van der Waals surface area (Å²) in [5, 5.41) is 6.45. The van der Waals surface area contributed by atoms with Gasteiger partial charge in [0.25, 0.3) is 5.91 Å². The third-order valence-corrected chi connectivity index (χ3v) is 5.50. The molecule has 9 nitrogen and oxygen atoms in total. The second kappa shape index (κ2) is 10.2. The van der Waals surface area contributed by atoms with Gasteiger partial charge in [-0.25, -0.2) is 9.97 Å². The summed E-state index contributed by atoms with van der Waals surface area (Å²) in [7, 11) is 2.14. The summed E-state index contributed by atoms with van der Waals surface area (Å²) in [6, 6.07) is 13.2. The lowest BCUT2D eigenvalue weighted by molar-refractivity contribution is 0.100. The molecule has 1 aliphatic rings. The van der Waals surface area contributed by atoms with Crippen LogP contribution in [0.5, 0.6) is 5.75 Å². The molecule has 1 aromatic carbocycles. The molecule has 1 fully saturated rings. The first-order valence-electron chi connectivity index (χ1n) is 11.0. The van der Waals surface area contributed by atoms with Crippen LogP contribution in [-0.4, -0.2) is 60.6 Å². The van der Waals surface area contributed by atoms with Crippen LogP contribution in [0.2, 0.25) is 0 Å². The normalized spacial score (nSPS) is 14.1. The Morgan fingerprint density at radius 3 is 2.45 bits per heavy atom. The molecule has 1 aliphatic heterocycles. The highest BCUT2D eigenvalue weighted by Crippen LogP contribution is 2.30. The quantitative estimate of drug-likeness (QED) is 0.483. The molecule has 4 rings (SSSR count). The summed E-state index contributed by atoms with van der Waals surface area (Å²) in [6.45, 7) is 6.50. The van der Waals surface area contributed by atoms with Gasteiger partial charge in [0.2, 0.25) is 0 Å². The fraction of sp³-hybridized carbons (Fsp3) is 0.292. The molecule has 0 aliphatic carbocycles. The Hall–Kier alpha value is -3.85. The number of anilines is 5. The molecule has 172 valence electrons. The Labute approximate surface area is 193 Å².